The Morgan fingerprint density at radius 2 is 2.16 bits per heavy atom. The summed E-state index contributed by atoms with van der Waals surface area (Å²) >= 11 is 0.996. The van der Waals surface area contributed by atoms with Crippen LogP contribution in [0.5, 0.6) is 0 Å². The molecule has 2 atom stereocenters. The van der Waals surface area contributed by atoms with Gasteiger partial charge in [0.1, 0.15) is 4.88 Å². The molecule has 2 unspecified atom stereocenters. The highest BCUT2D eigenvalue weighted by atomic mass is 32.2. The molecular formula is C12H17NO4S2. The maximum atomic E-state index is 12.4. The SMILES string of the molecule is Cc1sc(C(=O)O)cc1S(=O)(=O)N(C)CC1CC1C. The normalized spacial score (nSPS) is 22.7. The highest BCUT2D eigenvalue weighted by Gasteiger charge is 2.36. The Morgan fingerprint density at radius 1 is 1.58 bits per heavy atom. The average Bonchev–Trinajstić information content (AvgIpc) is 2.84. The molecule has 106 valence electrons. The van der Waals surface area contributed by atoms with Crippen molar-refractivity contribution in [2.75, 3.05) is 13.6 Å². The summed E-state index contributed by atoms with van der Waals surface area (Å²) in [4.78, 5) is 11.6. The molecule has 0 bridgehead atoms. The van der Waals surface area contributed by atoms with E-state index in [9.17, 15) is 13.2 Å². The van der Waals surface area contributed by atoms with Gasteiger partial charge in [0.2, 0.25) is 10.0 Å². The summed E-state index contributed by atoms with van der Waals surface area (Å²) in [6, 6.07) is 1.25. The van der Waals surface area contributed by atoms with Crippen molar-refractivity contribution in [2.24, 2.45) is 11.8 Å². The van der Waals surface area contributed by atoms with Crippen LogP contribution in [0.15, 0.2) is 11.0 Å². The lowest BCUT2D eigenvalue weighted by molar-refractivity contribution is 0.0702. The van der Waals surface area contributed by atoms with Crippen molar-refractivity contribution in [1.29, 1.82) is 0 Å². The lowest BCUT2D eigenvalue weighted by atomic mass is 10.3. The molecule has 0 radical (unpaired) electrons. The lowest BCUT2D eigenvalue weighted by Gasteiger charge is -2.16. The molecule has 0 aromatic carbocycles. The fourth-order valence-electron chi connectivity index (χ4n) is 2.08. The van der Waals surface area contributed by atoms with E-state index in [4.69, 9.17) is 5.11 Å². The van der Waals surface area contributed by atoms with E-state index in [1.165, 1.54) is 10.4 Å². The smallest absolute Gasteiger partial charge is 0.345 e. The molecule has 0 spiro atoms. The predicted molar refractivity (Wildman–Crippen MR) is 73.1 cm³/mol. The van der Waals surface area contributed by atoms with Crippen molar-refractivity contribution in [3.05, 3.63) is 15.8 Å². The third-order valence-corrected chi connectivity index (χ3v) is 6.66. The molecule has 0 amide bonds. The fourth-order valence-corrected chi connectivity index (χ4v) is 4.70. The molecule has 7 heteroatoms. The largest absolute Gasteiger partial charge is 0.477 e. The third kappa shape index (κ3) is 2.82. The molecule has 1 aromatic heterocycles. The molecule has 1 saturated carbocycles. The molecular weight excluding hydrogens is 286 g/mol. The zero-order valence-electron chi connectivity index (χ0n) is 11.1. The van der Waals surface area contributed by atoms with Gasteiger partial charge >= 0.3 is 5.97 Å². The second-order valence-electron chi connectivity index (χ2n) is 5.09. The van der Waals surface area contributed by atoms with E-state index in [2.05, 4.69) is 6.92 Å². The number of carboxylic acids is 1. The molecule has 1 aromatic rings. The van der Waals surface area contributed by atoms with E-state index in [1.54, 1.807) is 14.0 Å². The van der Waals surface area contributed by atoms with Crippen LogP contribution in [0.25, 0.3) is 0 Å². The van der Waals surface area contributed by atoms with Crippen LogP contribution < -0.4 is 0 Å². The van der Waals surface area contributed by atoms with Gasteiger partial charge in [-0.05, 0) is 31.2 Å². The third-order valence-electron chi connectivity index (χ3n) is 3.54. The van der Waals surface area contributed by atoms with Crippen LogP contribution in [-0.4, -0.2) is 37.4 Å². The van der Waals surface area contributed by atoms with Crippen molar-refractivity contribution < 1.29 is 18.3 Å². The molecule has 1 aliphatic rings. The van der Waals surface area contributed by atoms with Gasteiger partial charge in [-0.1, -0.05) is 6.92 Å². The van der Waals surface area contributed by atoms with Crippen molar-refractivity contribution in [3.8, 4) is 0 Å². The van der Waals surface area contributed by atoms with Gasteiger partial charge in [-0.2, -0.15) is 0 Å². The number of hydrogen-bond acceptors (Lipinski definition) is 4. The number of aryl methyl sites for hydroxylation is 1. The van der Waals surface area contributed by atoms with E-state index in [-0.39, 0.29) is 9.77 Å². The molecule has 1 heterocycles. The number of aromatic carboxylic acids is 1. The first-order valence-electron chi connectivity index (χ1n) is 6.03. The molecule has 1 aliphatic carbocycles. The van der Waals surface area contributed by atoms with Crippen LogP contribution in [0.2, 0.25) is 0 Å². The van der Waals surface area contributed by atoms with Crippen molar-refractivity contribution in [2.45, 2.75) is 25.2 Å². The van der Waals surface area contributed by atoms with Crippen LogP contribution >= 0.6 is 11.3 Å². The Morgan fingerprint density at radius 3 is 2.58 bits per heavy atom. The molecule has 5 nitrogen and oxygen atoms in total. The zero-order chi connectivity index (χ0) is 14.4. The summed E-state index contributed by atoms with van der Waals surface area (Å²) in [6.07, 6.45) is 1.06. The van der Waals surface area contributed by atoms with Gasteiger partial charge in [-0.3, -0.25) is 0 Å². The van der Waals surface area contributed by atoms with Crippen LogP contribution in [-0.2, 0) is 10.0 Å². The number of nitrogens with zero attached hydrogens (tertiary/aromatic N) is 1. The summed E-state index contributed by atoms with van der Waals surface area (Å²) in [5.74, 6) is -0.0820. The number of hydrogen-bond donors (Lipinski definition) is 1. The summed E-state index contributed by atoms with van der Waals surface area (Å²) in [7, 11) is -2.03. The lowest BCUT2D eigenvalue weighted by Crippen LogP contribution is -2.29. The highest BCUT2D eigenvalue weighted by molar-refractivity contribution is 7.89. The van der Waals surface area contributed by atoms with Crippen molar-refractivity contribution in [3.63, 3.8) is 0 Å². The van der Waals surface area contributed by atoms with Crippen LogP contribution in [0, 0.1) is 18.8 Å². The molecule has 0 aliphatic heterocycles. The number of sulfonamides is 1. The maximum Gasteiger partial charge on any atom is 0.345 e. The summed E-state index contributed by atoms with van der Waals surface area (Å²) in [6.45, 7) is 4.24. The number of thiophene rings is 1. The zero-order valence-corrected chi connectivity index (χ0v) is 12.7. The topological polar surface area (TPSA) is 74.7 Å². The van der Waals surface area contributed by atoms with Gasteiger partial charge in [0, 0.05) is 18.5 Å². The van der Waals surface area contributed by atoms with E-state index in [1.807, 2.05) is 0 Å². The first kappa shape index (κ1) is 14.5. The fraction of sp³-hybridized carbons (Fsp3) is 0.583. The molecule has 1 N–H and O–H groups in total. The Bertz CT molecular complexity index is 605. The van der Waals surface area contributed by atoms with Gasteiger partial charge in [-0.25, -0.2) is 17.5 Å². The Kier molecular flexibility index (Phi) is 3.72. The van der Waals surface area contributed by atoms with E-state index in [0.29, 0.717) is 23.3 Å². The van der Waals surface area contributed by atoms with Crippen LogP contribution in [0.1, 0.15) is 27.9 Å². The average molecular weight is 303 g/mol. The highest BCUT2D eigenvalue weighted by Crippen LogP contribution is 2.39. The van der Waals surface area contributed by atoms with Gasteiger partial charge < -0.3 is 5.11 Å². The minimum Gasteiger partial charge on any atom is -0.477 e. The maximum absolute atomic E-state index is 12.4. The minimum atomic E-state index is -3.58. The Hall–Kier alpha value is -0.920. The van der Waals surface area contributed by atoms with Gasteiger partial charge in [0.05, 0.1) is 4.90 Å². The van der Waals surface area contributed by atoms with Crippen LogP contribution in [0.3, 0.4) is 0 Å². The van der Waals surface area contributed by atoms with E-state index in [0.717, 1.165) is 17.8 Å². The molecule has 0 saturated heterocycles. The van der Waals surface area contributed by atoms with Gasteiger partial charge in [0.15, 0.2) is 0 Å². The van der Waals surface area contributed by atoms with E-state index >= 15 is 0 Å². The quantitative estimate of drug-likeness (QED) is 0.903. The predicted octanol–water partition coefficient (Wildman–Crippen LogP) is 2.03. The van der Waals surface area contributed by atoms with Gasteiger partial charge in [-0.15, -0.1) is 11.3 Å². The number of carboxylic acid groups (broad SMARTS) is 1. The van der Waals surface area contributed by atoms with E-state index < -0.39 is 16.0 Å². The first-order chi connectivity index (χ1) is 8.73. The molecule has 1 fully saturated rings. The molecule has 19 heavy (non-hydrogen) atoms. The van der Waals surface area contributed by atoms with Crippen molar-refractivity contribution >= 4 is 27.3 Å². The number of carbonyl (C=O) groups is 1. The second-order valence-corrected chi connectivity index (χ2v) is 8.36. The molecule has 2 rings (SSSR count). The second kappa shape index (κ2) is 4.88. The number of rotatable bonds is 5. The Labute approximate surface area is 116 Å². The van der Waals surface area contributed by atoms with Gasteiger partial charge in [0.25, 0.3) is 0 Å². The monoisotopic (exact) mass is 303 g/mol. The van der Waals surface area contributed by atoms with Crippen molar-refractivity contribution in [1.82, 2.24) is 4.31 Å². The summed E-state index contributed by atoms with van der Waals surface area (Å²) in [5, 5.41) is 8.92. The Balaban J connectivity index is 2.25. The standard InChI is InChI=1S/C12H17NO4S2/c1-7-4-9(7)6-13(3)19(16,17)11-5-10(12(14)15)18-8(11)2/h5,7,9H,4,6H2,1-3H3,(H,14,15). The minimum absolute atomic E-state index is 0.0595. The summed E-state index contributed by atoms with van der Waals surface area (Å²) in [5.41, 5.74) is 0. The first-order valence-corrected chi connectivity index (χ1v) is 8.29. The summed E-state index contributed by atoms with van der Waals surface area (Å²) < 4.78 is 26.1. The van der Waals surface area contributed by atoms with Crippen LogP contribution in [0.4, 0.5) is 0 Å².